The molecule has 1 aliphatic rings. The van der Waals surface area contributed by atoms with Crippen molar-refractivity contribution in [1.29, 1.82) is 0 Å². The molecular formula is C28H34F2N6O4S. The van der Waals surface area contributed by atoms with E-state index >= 15 is 0 Å². The average Bonchev–Trinajstić information content (AvgIpc) is 3.36. The summed E-state index contributed by atoms with van der Waals surface area (Å²) in [4.78, 5) is 40.9. The second-order valence-corrected chi connectivity index (χ2v) is 11.8. The lowest BCUT2D eigenvalue weighted by atomic mass is 9.96. The summed E-state index contributed by atoms with van der Waals surface area (Å²) < 4.78 is 35.6. The van der Waals surface area contributed by atoms with Crippen LogP contribution in [-0.2, 0) is 4.74 Å². The van der Waals surface area contributed by atoms with Crippen molar-refractivity contribution in [2.24, 2.45) is 0 Å². The normalized spacial score (nSPS) is 15.0. The molecule has 1 atom stereocenters. The van der Waals surface area contributed by atoms with Gasteiger partial charge in [-0.2, -0.15) is 8.78 Å². The first-order chi connectivity index (χ1) is 19.4. The minimum Gasteiger partial charge on any atom is -0.444 e. The Balaban J connectivity index is 1.37. The number of piperidine rings is 1. The van der Waals surface area contributed by atoms with E-state index < -0.39 is 24.2 Å². The number of rotatable bonds is 8. The van der Waals surface area contributed by atoms with Gasteiger partial charge in [-0.15, -0.1) is 0 Å². The minimum absolute atomic E-state index is 0.00686. The number of para-hydroxylation sites is 1. The summed E-state index contributed by atoms with van der Waals surface area (Å²) in [5, 5.41) is 6.43. The smallest absolute Gasteiger partial charge is 0.410 e. The van der Waals surface area contributed by atoms with Crippen molar-refractivity contribution in [3.8, 4) is 5.75 Å². The Bertz CT molecular complexity index is 1370. The van der Waals surface area contributed by atoms with E-state index in [1.807, 2.05) is 27.7 Å². The summed E-state index contributed by atoms with van der Waals surface area (Å²) in [6.45, 7) is 7.26. The minimum atomic E-state index is -2.97. The molecule has 1 aromatic carbocycles. The average molecular weight is 589 g/mol. The maximum Gasteiger partial charge on any atom is 0.410 e. The first kappa shape index (κ1) is 30.1. The Hall–Kier alpha value is -3.87. The highest BCUT2D eigenvalue weighted by Gasteiger charge is 2.29. The molecule has 0 spiro atoms. The highest BCUT2D eigenvalue weighted by molar-refractivity contribution is 7.17. The quantitative estimate of drug-likeness (QED) is 0.320. The molecule has 2 amide bonds. The van der Waals surface area contributed by atoms with E-state index in [2.05, 4.69) is 25.3 Å². The molecule has 0 radical (unpaired) electrons. The number of carbonyl (C=O) groups excluding carboxylic acids is 2. The van der Waals surface area contributed by atoms with Crippen molar-refractivity contribution in [2.45, 2.75) is 71.6 Å². The SMILES string of the molecule is Cc1cc(Nc2ncc(C(=O)NC(C)c3ccccc3OC(F)F)s2)nc(C2CCN(C(=O)OC(C)(C)C)CC2)n1. The number of ether oxygens (including phenoxy) is 2. The summed E-state index contributed by atoms with van der Waals surface area (Å²) in [5.74, 6) is 0.933. The molecule has 1 unspecified atom stereocenters. The Labute approximate surface area is 241 Å². The van der Waals surface area contributed by atoms with E-state index in [1.54, 1.807) is 36.1 Å². The summed E-state index contributed by atoms with van der Waals surface area (Å²) in [6, 6.07) is 7.55. The van der Waals surface area contributed by atoms with Gasteiger partial charge in [0, 0.05) is 36.3 Å². The fraction of sp³-hybridized carbons (Fsp3) is 0.464. The zero-order valence-corrected chi connectivity index (χ0v) is 24.4. The summed E-state index contributed by atoms with van der Waals surface area (Å²) >= 11 is 1.14. The van der Waals surface area contributed by atoms with Crippen molar-refractivity contribution < 1.29 is 27.8 Å². The topological polar surface area (TPSA) is 119 Å². The van der Waals surface area contributed by atoms with Crippen LogP contribution >= 0.6 is 11.3 Å². The van der Waals surface area contributed by atoms with Crippen LogP contribution in [-0.4, -0.2) is 57.2 Å². The Morgan fingerprint density at radius 2 is 1.85 bits per heavy atom. The van der Waals surface area contributed by atoms with E-state index in [9.17, 15) is 18.4 Å². The van der Waals surface area contributed by atoms with Crippen LogP contribution < -0.4 is 15.4 Å². The predicted molar refractivity (Wildman–Crippen MR) is 151 cm³/mol. The Morgan fingerprint density at radius 3 is 2.54 bits per heavy atom. The number of nitrogens with one attached hydrogen (secondary N) is 2. The molecule has 220 valence electrons. The molecule has 2 aromatic heterocycles. The highest BCUT2D eigenvalue weighted by atomic mass is 32.1. The van der Waals surface area contributed by atoms with Crippen molar-refractivity contribution in [3.05, 3.63) is 58.5 Å². The van der Waals surface area contributed by atoms with E-state index in [-0.39, 0.29) is 17.8 Å². The number of likely N-dealkylation sites (tertiary alicyclic amines) is 1. The van der Waals surface area contributed by atoms with Gasteiger partial charge < -0.3 is 25.0 Å². The molecule has 3 aromatic rings. The molecule has 41 heavy (non-hydrogen) atoms. The number of anilines is 2. The predicted octanol–water partition coefficient (Wildman–Crippen LogP) is 6.19. The largest absolute Gasteiger partial charge is 0.444 e. The van der Waals surface area contributed by atoms with Crippen LogP contribution in [0.3, 0.4) is 0 Å². The van der Waals surface area contributed by atoms with Gasteiger partial charge in [0.2, 0.25) is 0 Å². The van der Waals surface area contributed by atoms with E-state index in [4.69, 9.17) is 9.72 Å². The molecular weight excluding hydrogens is 554 g/mol. The van der Waals surface area contributed by atoms with Gasteiger partial charge in [0.05, 0.1) is 12.2 Å². The highest BCUT2D eigenvalue weighted by Crippen LogP contribution is 2.30. The summed E-state index contributed by atoms with van der Waals surface area (Å²) in [7, 11) is 0. The van der Waals surface area contributed by atoms with Crippen molar-refractivity contribution in [2.75, 3.05) is 18.4 Å². The van der Waals surface area contributed by atoms with Crippen LogP contribution in [0.1, 0.15) is 79.2 Å². The number of benzene rings is 1. The molecule has 3 heterocycles. The molecule has 0 aliphatic carbocycles. The molecule has 1 fully saturated rings. The van der Waals surface area contributed by atoms with Crippen LogP contribution in [0.2, 0.25) is 0 Å². The van der Waals surface area contributed by atoms with Crippen LogP contribution in [0.25, 0.3) is 0 Å². The fourth-order valence-corrected chi connectivity index (χ4v) is 5.14. The third-order valence-electron chi connectivity index (χ3n) is 6.30. The van der Waals surface area contributed by atoms with Crippen LogP contribution in [0.15, 0.2) is 36.5 Å². The van der Waals surface area contributed by atoms with Gasteiger partial charge in [-0.25, -0.2) is 19.7 Å². The number of hydrogen-bond donors (Lipinski definition) is 2. The van der Waals surface area contributed by atoms with Gasteiger partial charge >= 0.3 is 12.7 Å². The van der Waals surface area contributed by atoms with Crippen LogP contribution in [0.4, 0.5) is 24.5 Å². The first-order valence-corrected chi connectivity index (χ1v) is 14.1. The second-order valence-electron chi connectivity index (χ2n) is 10.8. The van der Waals surface area contributed by atoms with Gasteiger partial charge in [-0.1, -0.05) is 29.5 Å². The number of nitrogens with zero attached hydrogens (tertiary/aromatic N) is 4. The van der Waals surface area contributed by atoms with E-state index in [0.717, 1.165) is 17.0 Å². The molecule has 13 heteroatoms. The van der Waals surface area contributed by atoms with Gasteiger partial charge in [0.25, 0.3) is 5.91 Å². The fourth-order valence-electron chi connectivity index (χ4n) is 4.42. The lowest BCUT2D eigenvalue weighted by molar-refractivity contribution is -0.0506. The monoisotopic (exact) mass is 588 g/mol. The van der Waals surface area contributed by atoms with Gasteiger partial charge in [-0.3, -0.25) is 4.79 Å². The first-order valence-electron chi connectivity index (χ1n) is 13.3. The Morgan fingerprint density at radius 1 is 1.15 bits per heavy atom. The third kappa shape index (κ3) is 8.32. The summed E-state index contributed by atoms with van der Waals surface area (Å²) in [6.07, 6.45) is 2.56. The molecule has 4 rings (SSSR count). The number of aryl methyl sites for hydroxylation is 1. The molecule has 1 saturated heterocycles. The standard InChI is InChI=1S/C28H34F2N6O4S/c1-16-14-22(34-23(32-16)18-10-12-36(13-11-18)27(38)40-28(3,4)5)35-26-31-15-21(41-26)24(37)33-17(2)19-8-6-7-9-20(19)39-25(29)30/h6-9,14-15,17-18,25H,10-13H2,1-5H3,(H,33,37)(H,31,32,34,35). The number of thiazole rings is 1. The zero-order valence-electron chi connectivity index (χ0n) is 23.6. The van der Waals surface area contributed by atoms with Crippen molar-refractivity contribution in [1.82, 2.24) is 25.2 Å². The van der Waals surface area contributed by atoms with Gasteiger partial charge in [0.1, 0.15) is 27.9 Å². The number of aromatic nitrogens is 3. The number of alkyl halides is 2. The maximum absolute atomic E-state index is 12.9. The number of halogens is 2. The number of amides is 2. The maximum atomic E-state index is 12.9. The van der Waals surface area contributed by atoms with Crippen molar-refractivity contribution in [3.63, 3.8) is 0 Å². The zero-order chi connectivity index (χ0) is 29.7. The molecule has 0 bridgehead atoms. The summed E-state index contributed by atoms with van der Waals surface area (Å²) in [5.41, 5.74) is 0.671. The third-order valence-corrected chi connectivity index (χ3v) is 7.21. The van der Waals surface area contributed by atoms with Crippen molar-refractivity contribution >= 4 is 34.3 Å². The molecule has 0 saturated carbocycles. The number of carbonyl (C=O) groups is 2. The Kier molecular flexibility index (Phi) is 9.36. The van der Waals surface area contributed by atoms with E-state index in [1.165, 1.54) is 12.3 Å². The van der Waals surface area contributed by atoms with Crippen LogP contribution in [0.5, 0.6) is 5.75 Å². The van der Waals surface area contributed by atoms with E-state index in [0.29, 0.717) is 53.1 Å². The molecule has 2 N–H and O–H groups in total. The van der Waals surface area contributed by atoms with Crippen LogP contribution in [0, 0.1) is 6.92 Å². The second kappa shape index (κ2) is 12.8. The van der Waals surface area contributed by atoms with Gasteiger partial charge in [0.15, 0.2) is 5.13 Å². The van der Waals surface area contributed by atoms with Gasteiger partial charge in [-0.05, 0) is 53.5 Å². The molecule has 1 aliphatic heterocycles. The lowest BCUT2D eigenvalue weighted by Gasteiger charge is -2.33. The lowest BCUT2D eigenvalue weighted by Crippen LogP contribution is -2.41. The number of hydrogen-bond acceptors (Lipinski definition) is 9. The molecule has 10 nitrogen and oxygen atoms in total.